The van der Waals surface area contributed by atoms with Gasteiger partial charge in [0.1, 0.15) is 18.4 Å². The first-order chi connectivity index (χ1) is 19.8. The molecule has 17 heteroatoms. The predicted octanol–water partition coefficient (Wildman–Crippen LogP) is 2.39. The summed E-state index contributed by atoms with van der Waals surface area (Å²) in [5.74, 6) is 0.155. The van der Waals surface area contributed by atoms with Crippen molar-refractivity contribution in [2.24, 2.45) is 5.16 Å². The van der Waals surface area contributed by atoms with E-state index in [0.717, 1.165) is 12.2 Å². The fraction of sp³-hybridized carbons (Fsp3) is 0.560. The molecule has 228 valence electrons. The zero-order chi connectivity index (χ0) is 30.9. The highest BCUT2D eigenvalue weighted by Gasteiger charge is 2.38. The summed E-state index contributed by atoms with van der Waals surface area (Å²) in [5.41, 5.74) is -2.87. The zero-order valence-electron chi connectivity index (χ0n) is 23.9. The van der Waals surface area contributed by atoms with Crippen LogP contribution in [-0.2, 0) is 27.3 Å². The monoisotopic (exact) mass is 609 g/mol. The van der Waals surface area contributed by atoms with E-state index in [0.29, 0.717) is 49.0 Å². The Kier molecular flexibility index (Phi) is 11.0. The number of nitriles is 1. The first-order valence-corrected chi connectivity index (χ1v) is 16.9. The van der Waals surface area contributed by atoms with Gasteiger partial charge in [0.05, 0.1) is 42.1 Å². The summed E-state index contributed by atoms with van der Waals surface area (Å²) in [7, 11) is -1.40. The van der Waals surface area contributed by atoms with Crippen LogP contribution in [0, 0.1) is 11.3 Å². The SMILES string of the molecule is CC(/C=N/OCC(=O)N1CCN(c2ncc(C#N)cn2)CC1)Nc1cnn(COCC[Si](C)(C)C)c(=O)c1C(F)(F)F. The number of piperazine rings is 1. The largest absolute Gasteiger partial charge is 0.423 e. The number of oxime groups is 1. The van der Waals surface area contributed by atoms with Crippen LogP contribution >= 0.6 is 0 Å². The number of alkyl halides is 3. The van der Waals surface area contributed by atoms with Crippen LogP contribution in [-0.4, -0.2) is 90.3 Å². The van der Waals surface area contributed by atoms with Gasteiger partial charge in [0.15, 0.2) is 6.61 Å². The lowest BCUT2D eigenvalue weighted by molar-refractivity contribution is -0.139. The maximum absolute atomic E-state index is 13.8. The molecule has 0 spiro atoms. The fourth-order valence-corrected chi connectivity index (χ4v) is 4.55. The minimum absolute atomic E-state index is 0.313. The van der Waals surface area contributed by atoms with Crippen molar-refractivity contribution in [3.63, 3.8) is 0 Å². The molecular weight excluding hydrogens is 575 g/mol. The Balaban J connectivity index is 1.49. The molecule has 42 heavy (non-hydrogen) atoms. The van der Waals surface area contributed by atoms with Gasteiger partial charge in [-0.15, -0.1) is 0 Å². The van der Waals surface area contributed by atoms with Crippen LogP contribution in [0.15, 0.2) is 28.5 Å². The van der Waals surface area contributed by atoms with Gasteiger partial charge in [-0.05, 0) is 13.0 Å². The molecule has 1 saturated heterocycles. The average molecular weight is 610 g/mol. The number of aromatic nitrogens is 4. The van der Waals surface area contributed by atoms with Crippen LogP contribution in [0.4, 0.5) is 24.8 Å². The lowest BCUT2D eigenvalue weighted by Gasteiger charge is -2.34. The third kappa shape index (κ3) is 9.51. The second kappa shape index (κ2) is 14.2. The van der Waals surface area contributed by atoms with Crippen molar-refractivity contribution < 1.29 is 27.5 Å². The molecule has 1 amide bonds. The van der Waals surface area contributed by atoms with Gasteiger partial charge < -0.3 is 24.7 Å². The number of hydrogen-bond donors (Lipinski definition) is 1. The molecule has 0 aliphatic carbocycles. The van der Waals surface area contributed by atoms with Crippen molar-refractivity contribution in [2.45, 2.75) is 51.6 Å². The van der Waals surface area contributed by atoms with Crippen molar-refractivity contribution >= 4 is 31.8 Å². The van der Waals surface area contributed by atoms with Gasteiger partial charge in [0.25, 0.3) is 11.5 Å². The molecule has 0 aromatic carbocycles. The Morgan fingerprint density at radius 2 is 1.88 bits per heavy atom. The summed E-state index contributed by atoms with van der Waals surface area (Å²) >= 11 is 0. The van der Waals surface area contributed by atoms with Crippen LogP contribution in [0.25, 0.3) is 0 Å². The summed E-state index contributed by atoms with van der Waals surface area (Å²) in [6.07, 6.45) is 0.0316. The number of hydrogen-bond acceptors (Lipinski definition) is 11. The van der Waals surface area contributed by atoms with E-state index in [1.54, 1.807) is 4.90 Å². The highest BCUT2D eigenvalue weighted by molar-refractivity contribution is 6.76. The molecule has 1 atom stereocenters. The number of halogens is 3. The maximum atomic E-state index is 13.8. The number of rotatable bonds is 12. The molecule has 1 N–H and O–H groups in total. The summed E-state index contributed by atoms with van der Waals surface area (Å²) in [6, 6.07) is 1.96. The predicted molar refractivity (Wildman–Crippen MR) is 151 cm³/mol. The second-order valence-electron chi connectivity index (χ2n) is 10.8. The van der Waals surface area contributed by atoms with Crippen LogP contribution in [0.2, 0.25) is 25.7 Å². The van der Waals surface area contributed by atoms with Gasteiger partial charge in [0, 0.05) is 40.9 Å². The number of carbonyl (C=O) groups is 1. The van der Waals surface area contributed by atoms with Crippen molar-refractivity contribution in [1.82, 2.24) is 24.6 Å². The summed E-state index contributed by atoms with van der Waals surface area (Å²) < 4.78 is 47.3. The number of carbonyl (C=O) groups excluding carboxylic acids is 1. The van der Waals surface area contributed by atoms with E-state index in [2.05, 4.69) is 45.2 Å². The Hall–Kier alpha value is -4.04. The van der Waals surface area contributed by atoms with Crippen molar-refractivity contribution in [3.05, 3.63) is 40.1 Å². The summed E-state index contributed by atoms with van der Waals surface area (Å²) in [6.45, 7) is 9.25. The topological polar surface area (TPSA) is 151 Å². The third-order valence-electron chi connectivity index (χ3n) is 6.15. The molecule has 0 bridgehead atoms. The van der Waals surface area contributed by atoms with Crippen LogP contribution in [0.3, 0.4) is 0 Å². The molecule has 3 heterocycles. The molecule has 1 unspecified atom stereocenters. The molecular formula is C25H34F3N9O4Si. The lowest BCUT2D eigenvalue weighted by atomic mass is 10.2. The maximum Gasteiger partial charge on any atom is 0.423 e. The van der Waals surface area contributed by atoms with Gasteiger partial charge in [-0.2, -0.15) is 23.5 Å². The molecule has 1 aliphatic rings. The molecule has 13 nitrogen and oxygen atoms in total. The number of anilines is 2. The minimum atomic E-state index is -4.93. The zero-order valence-corrected chi connectivity index (χ0v) is 24.9. The first kappa shape index (κ1) is 32.5. The number of ether oxygens (including phenoxy) is 1. The van der Waals surface area contributed by atoms with E-state index in [-0.39, 0.29) is 19.2 Å². The Bertz CT molecular complexity index is 1330. The van der Waals surface area contributed by atoms with Crippen molar-refractivity contribution in [1.29, 1.82) is 5.26 Å². The molecule has 1 fully saturated rings. The van der Waals surface area contributed by atoms with E-state index in [1.807, 2.05) is 11.0 Å². The molecule has 2 aromatic rings. The number of nitrogens with one attached hydrogen (secondary N) is 1. The lowest BCUT2D eigenvalue weighted by Crippen LogP contribution is -2.50. The van der Waals surface area contributed by atoms with Gasteiger partial charge >= 0.3 is 6.18 Å². The van der Waals surface area contributed by atoms with E-state index in [4.69, 9.17) is 14.8 Å². The quantitative estimate of drug-likeness (QED) is 0.164. The second-order valence-corrected chi connectivity index (χ2v) is 16.4. The average Bonchev–Trinajstić information content (AvgIpc) is 2.93. The standard InChI is InChI=1S/C25H34F3N9O4Si/c1-18(34-20-15-32-37(17-40-9-10-42(2,3)4)23(39)22(20)25(26,27)28)12-33-41-16-21(38)35-5-7-36(8-6-35)24-30-13-19(11-29)14-31-24/h12-15,18,34H,5-10,16-17H2,1-4H3/b33-12+. The summed E-state index contributed by atoms with van der Waals surface area (Å²) in [5, 5.41) is 18.9. The van der Waals surface area contributed by atoms with E-state index >= 15 is 0 Å². The van der Waals surface area contributed by atoms with Gasteiger partial charge in [-0.25, -0.2) is 14.6 Å². The van der Waals surface area contributed by atoms with Crippen LogP contribution in [0.5, 0.6) is 0 Å². The van der Waals surface area contributed by atoms with E-state index in [9.17, 15) is 22.8 Å². The molecule has 0 radical (unpaired) electrons. The Morgan fingerprint density at radius 3 is 2.48 bits per heavy atom. The minimum Gasteiger partial charge on any atom is -0.386 e. The highest BCUT2D eigenvalue weighted by atomic mass is 28.3. The van der Waals surface area contributed by atoms with Crippen LogP contribution < -0.4 is 15.8 Å². The molecule has 1 aliphatic heterocycles. The molecule has 2 aromatic heterocycles. The van der Waals surface area contributed by atoms with E-state index < -0.39 is 37.1 Å². The smallest absolute Gasteiger partial charge is 0.386 e. The van der Waals surface area contributed by atoms with Crippen molar-refractivity contribution in [3.8, 4) is 6.07 Å². The Labute approximate surface area is 241 Å². The van der Waals surface area contributed by atoms with Crippen molar-refractivity contribution in [2.75, 3.05) is 49.6 Å². The molecule has 3 rings (SSSR count). The normalized spacial score (nSPS) is 15.0. The summed E-state index contributed by atoms with van der Waals surface area (Å²) in [4.78, 5) is 41.9. The van der Waals surface area contributed by atoms with Gasteiger partial charge in [-0.3, -0.25) is 9.59 Å². The van der Waals surface area contributed by atoms with Crippen LogP contribution in [0.1, 0.15) is 18.1 Å². The highest BCUT2D eigenvalue weighted by Crippen LogP contribution is 2.31. The van der Waals surface area contributed by atoms with Gasteiger partial charge in [-0.1, -0.05) is 24.8 Å². The fourth-order valence-electron chi connectivity index (χ4n) is 3.79. The Morgan fingerprint density at radius 1 is 1.21 bits per heavy atom. The first-order valence-electron chi connectivity index (χ1n) is 13.2. The number of nitrogens with zero attached hydrogens (tertiary/aromatic N) is 8. The molecule has 0 saturated carbocycles. The van der Waals surface area contributed by atoms with E-state index in [1.165, 1.54) is 25.5 Å². The van der Waals surface area contributed by atoms with Gasteiger partial charge in [0.2, 0.25) is 5.95 Å². The number of amides is 1. The third-order valence-corrected chi connectivity index (χ3v) is 7.85.